The smallest absolute Gasteiger partial charge is 0.246 e. The predicted molar refractivity (Wildman–Crippen MR) is 79.5 cm³/mol. The maximum Gasteiger partial charge on any atom is 0.246 e. The number of benzene rings is 1. The summed E-state index contributed by atoms with van der Waals surface area (Å²) < 4.78 is 18.6. The van der Waals surface area contributed by atoms with E-state index in [1.807, 2.05) is 6.07 Å². The highest BCUT2D eigenvalue weighted by atomic mass is 32.2. The number of nitrogens with one attached hydrogen (secondary N) is 1. The Bertz CT molecular complexity index is 610. The van der Waals surface area contributed by atoms with Crippen LogP contribution in [0.5, 0.6) is 0 Å². The molecule has 1 unspecified atom stereocenters. The zero-order valence-corrected chi connectivity index (χ0v) is 12.8. The van der Waals surface area contributed by atoms with E-state index < -0.39 is 0 Å². The van der Waals surface area contributed by atoms with Crippen LogP contribution in [0.1, 0.15) is 37.9 Å². The van der Waals surface area contributed by atoms with Gasteiger partial charge in [-0.3, -0.25) is 0 Å². The lowest BCUT2D eigenvalue weighted by Crippen LogP contribution is -2.36. The second kappa shape index (κ2) is 6.15. The van der Waals surface area contributed by atoms with Crippen molar-refractivity contribution in [3.05, 3.63) is 41.8 Å². The molecule has 2 heterocycles. The minimum atomic E-state index is -0.228. The van der Waals surface area contributed by atoms with E-state index in [2.05, 4.69) is 22.4 Å². The van der Waals surface area contributed by atoms with Crippen LogP contribution in [0.2, 0.25) is 0 Å². The lowest BCUT2D eigenvalue weighted by atomic mass is 9.94. The van der Waals surface area contributed by atoms with Crippen molar-refractivity contribution in [2.75, 3.05) is 6.54 Å². The molecular weight excluding hydrogens is 289 g/mol. The first-order valence-corrected chi connectivity index (χ1v) is 8.17. The van der Waals surface area contributed by atoms with Crippen LogP contribution < -0.4 is 5.32 Å². The molecule has 6 heteroatoms. The third kappa shape index (κ3) is 3.11. The van der Waals surface area contributed by atoms with Crippen molar-refractivity contribution < 1.29 is 8.91 Å². The molecule has 4 nitrogen and oxygen atoms in total. The average molecular weight is 307 g/mol. The molecule has 0 radical (unpaired) electrons. The molecule has 1 aliphatic heterocycles. The molecule has 1 saturated heterocycles. The van der Waals surface area contributed by atoms with Gasteiger partial charge in [-0.05, 0) is 44.0 Å². The Kier molecular flexibility index (Phi) is 4.26. The molecule has 2 aromatic rings. The number of rotatable bonds is 5. The lowest BCUT2D eigenvalue weighted by molar-refractivity contribution is 0.249. The first-order chi connectivity index (χ1) is 10.2. The van der Waals surface area contributed by atoms with Crippen LogP contribution in [0.15, 0.2) is 33.7 Å². The quantitative estimate of drug-likeness (QED) is 0.857. The zero-order valence-electron chi connectivity index (χ0n) is 11.9. The number of nitrogens with zero attached hydrogens (tertiary/aromatic N) is 2. The van der Waals surface area contributed by atoms with Gasteiger partial charge < -0.3 is 9.84 Å². The highest BCUT2D eigenvalue weighted by molar-refractivity contribution is 7.98. The van der Waals surface area contributed by atoms with Crippen LogP contribution in [0.25, 0.3) is 0 Å². The van der Waals surface area contributed by atoms with E-state index in [0.717, 1.165) is 30.7 Å². The minimum Gasteiger partial charge on any atom is -0.337 e. The molecule has 112 valence electrons. The summed E-state index contributed by atoms with van der Waals surface area (Å²) in [6, 6.07) is 6.53. The Morgan fingerprint density at radius 2 is 2.38 bits per heavy atom. The normalized spacial score (nSPS) is 21.8. The third-order valence-electron chi connectivity index (χ3n) is 3.89. The Morgan fingerprint density at radius 3 is 3.10 bits per heavy atom. The zero-order chi connectivity index (χ0) is 14.7. The van der Waals surface area contributed by atoms with Gasteiger partial charge in [-0.15, -0.1) is 11.8 Å². The Balaban J connectivity index is 1.68. The Morgan fingerprint density at radius 1 is 1.48 bits per heavy atom. The highest BCUT2D eigenvalue weighted by Crippen LogP contribution is 2.33. The SMILES string of the molecule is CCC1(c2nc(CSc3cccc(F)c3)no2)CCCN1. The molecule has 0 amide bonds. The molecule has 1 N–H and O–H groups in total. The predicted octanol–water partition coefficient (Wildman–Crippen LogP) is 3.49. The summed E-state index contributed by atoms with van der Waals surface area (Å²) >= 11 is 1.50. The molecule has 0 spiro atoms. The van der Waals surface area contributed by atoms with Gasteiger partial charge in [0.05, 0.1) is 11.3 Å². The Labute approximate surface area is 127 Å². The average Bonchev–Trinajstić information content (AvgIpc) is 3.15. The van der Waals surface area contributed by atoms with Crippen LogP contribution in [0.4, 0.5) is 4.39 Å². The lowest BCUT2D eigenvalue weighted by Gasteiger charge is -2.22. The van der Waals surface area contributed by atoms with E-state index in [-0.39, 0.29) is 11.4 Å². The van der Waals surface area contributed by atoms with Crippen LogP contribution in [0, 0.1) is 5.82 Å². The third-order valence-corrected chi connectivity index (χ3v) is 4.88. The summed E-state index contributed by atoms with van der Waals surface area (Å²) in [6.45, 7) is 3.12. The molecule has 3 rings (SSSR count). The molecule has 0 bridgehead atoms. The Hall–Kier alpha value is -1.40. The summed E-state index contributed by atoms with van der Waals surface area (Å²) in [7, 11) is 0. The molecule has 1 aliphatic rings. The van der Waals surface area contributed by atoms with E-state index in [1.54, 1.807) is 6.07 Å². The van der Waals surface area contributed by atoms with Gasteiger partial charge in [-0.25, -0.2) is 4.39 Å². The van der Waals surface area contributed by atoms with Gasteiger partial charge in [0.1, 0.15) is 5.82 Å². The maximum absolute atomic E-state index is 13.1. The van der Waals surface area contributed by atoms with Gasteiger partial charge in [0.25, 0.3) is 0 Å². The molecule has 1 atom stereocenters. The van der Waals surface area contributed by atoms with Gasteiger partial charge in [0.2, 0.25) is 5.89 Å². The van der Waals surface area contributed by atoms with Gasteiger partial charge >= 0.3 is 0 Å². The van der Waals surface area contributed by atoms with Gasteiger partial charge in [-0.1, -0.05) is 18.1 Å². The fourth-order valence-corrected chi connectivity index (χ4v) is 3.44. The van der Waals surface area contributed by atoms with Crippen molar-refractivity contribution in [2.45, 2.75) is 42.4 Å². The van der Waals surface area contributed by atoms with Crippen molar-refractivity contribution in [3.63, 3.8) is 0 Å². The van der Waals surface area contributed by atoms with E-state index in [1.165, 1.54) is 23.9 Å². The molecule has 1 fully saturated rings. The number of halogens is 1. The van der Waals surface area contributed by atoms with E-state index >= 15 is 0 Å². The van der Waals surface area contributed by atoms with Gasteiger partial charge in [-0.2, -0.15) is 4.98 Å². The van der Waals surface area contributed by atoms with Crippen molar-refractivity contribution in [2.24, 2.45) is 0 Å². The van der Waals surface area contributed by atoms with Crippen LogP contribution in [0.3, 0.4) is 0 Å². The summed E-state index contributed by atoms with van der Waals surface area (Å²) in [5.74, 6) is 1.68. The molecular formula is C15H18FN3OS. The monoisotopic (exact) mass is 307 g/mol. The van der Waals surface area contributed by atoms with E-state index in [9.17, 15) is 4.39 Å². The topological polar surface area (TPSA) is 51.0 Å². The number of hydrogen-bond acceptors (Lipinski definition) is 5. The standard InChI is InChI=1S/C15H18FN3OS/c1-2-15(7-4-8-17-15)14-18-13(19-20-14)10-21-12-6-3-5-11(16)9-12/h3,5-6,9,17H,2,4,7-8,10H2,1H3. The molecule has 0 aliphatic carbocycles. The van der Waals surface area contributed by atoms with Crippen molar-refractivity contribution in [1.82, 2.24) is 15.5 Å². The first-order valence-electron chi connectivity index (χ1n) is 7.18. The molecule has 0 saturated carbocycles. The number of thioether (sulfide) groups is 1. The fourth-order valence-electron chi connectivity index (χ4n) is 2.65. The van der Waals surface area contributed by atoms with Crippen LogP contribution >= 0.6 is 11.8 Å². The van der Waals surface area contributed by atoms with Crippen LogP contribution in [-0.2, 0) is 11.3 Å². The van der Waals surface area contributed by atoms with Crippen LogP contribution in [-0.4, -0.2) is 16.7 Å². The summed E-state index contributed by atoms with van der Waals surface area (Å²) in [5, 5.41) is 7.53. The number of aromatic nitrogens is 2. The van der Waals surface area contributed by atoms with Crippen molar-refractivity contribution in [3.8, 4) is 0 Å². The summed E-state index contributed by atoms with van der Waals surface area (Å²) in [6.07, 6.45) is 3.09. The van der Waals surface area contributed by atoms with Gasteiger partial charge in [0, 0.05) is 4.90 Å². The first kappa shape index (κ1) is 14.5. The fraction of sp³-hybridized carbons (Fsp3) is 0.467. The second-order valence-electron chi connectivity index (χ2n) is 5.23. The second-order valence-corrected chi connectivity index (χ2v) is 6.28. The van der Waals surface area contributed by atoms with Gasteiger partial charge in [0.15, 0.2) is 5.82 Å². The van der Waals surface area contributed by atoms with E-state index in [4.69, 9.17) is 4.52 Å². The molecule has 1 aromatic heterocycles. The summed E-state index contributed by atoms with van der Waals surface area (Å²) in [5.41, 5.74) is -0.158. The highest BCUT2D eigenvalue weighted by Gasteiger charge is 2.38. The van der Waals surface area contributed by atoms with Crippen molar-refractivity contribution >= 4 is 11.8 Å². The molecule has 21 heavy (non-hydrogen) atoms. The maximum atomic E-state index is 13.1. The summed E-state index contributed by atoms with van der Waals surface area (Å²) in [4.78, 5) is 5.38. The largest absolute Gasteiger partial charge is 0.337 e. The van der Waals surface area contributed by atoms with E-state index in [0.29, 0.717) is 17.5 Å². The molecule has 1 aromatic carbocycles. The van der Waals surface area contributed by atoms with Crippen molar-refractivity contribution in [1.29, 1.82) is 0 Å². The number of hydrogen-bond donors (Lipinski definition) is 1. The minimum absolute atomic E-state index is 0.158.